The summed E-state index contributed by atoms with van der Waals surface area (Å²) in [6.45, 7) is 0. The molecule has 76 valence electrons. The van der Waals surface area contributed by atoms with Gasteiger partial charge in [-0.25, -0.2) is 10.5 Å². The monoisotopic (exact) mass is 216 g/mol. The fraction of sp³-hybridized carbons (Fsp3) is 0.167. The van der Waals surface area contributed by atoms with E-state index in [4.69, 9.17) is 10.9 Å². The van der Waals surface area contributed by atoms with Crippen molar-refractivity contribution in [2.24, 2.45) is 0 Å². The summed E-state index contributed by atoms with van der Waals surface area (Å²) in [6.07, 6.45) is 0. The van der Waals surface area contributed by atoms with E-state index >= 15 is 0 Å². The SMILES string of the molecule is Nc1cc(=O)[nH]c(SCC(=O)NO)n1. The molecule has 0 aromatic carbocycles. The minimum atomic E-state index is -0.583. The van der Waals surface area contributed by atoms with Gasteiger partial charge in [0, 0.05) is 6.07 Å². The number of hydrogen-bond donors (Lipinski definition) is 4. The third-order valence-corrected chi connectivity index (χ3v) is 2.08. The summed E-state index contributed by atoms with van der Waals surface area (Å²) in [5, 5.41) is 8.43. The normalized spacial score (nSPS) is 9.79. The molecule has 1 aromatic heterocycles. The molecule has 14 heavy (non-hydrogen) atoms. The molecule has 0 aliphatic heterocycles. The van der Waals surface area contributed by atoms with Crippen LogP contribution in [0, 0.1) is 0 Å². The summed E-state index contributed by atoms with van der Waals surface area (Å²) in [7, 11) is 0. The molecule has 0 unspecified atom stereocenters. The zero-order valence-electron chi connectivity index (χ0n) is 6.98. The number of hydrogen-bond acceptors (Lipinski definition) is 6. The van der Waals surface area contributed by atoms with Crippen LogP contribution in [0.1, 0.15) is 0 Å². The first-order chi connectivity index (χ1) is 6.61. The molecular weight excluding hydrogens is 208 g/mol. The molecule has 0 spiro atoms. The van der Waals surface area contributed by atoms with Crippen LogP contribution in [0.2, 0.25) is 0 Å². The molecule has 0 atom stereocenters. The van der Waals surface area contributed by atoms with Crippen molar-refractivity contribution in [3.8, 4) is 0 Å². The Morgan fingerprint density at radius 2 is 2.50 bits per heavy atom. The van der Waals surface area contributed by atoms with Gasteiger partial charge in [-0.05, 0) is 0 Å². The Kier molecular flexibility index (Phi) is 3.48. The van der Waals surface area contributed by atoms with Crippen LogP contribution in [0.3, 0.4) is 0 Å². The summed E-state index contributed by atoms with van der Waals surface area (Å²) < 4.78 is 0. The number of hydroxylamine groups is 1. The Balaban J connectivity index is 2.68. The second-order valence-corrected chi connectivity index (χ2v) is 3.26. The first-order valence-corrected chi connectivity index (χ1v) is 4.53. The molecule has 5 N–H and O–H groups in total. The molecule has 8 heteroatoms. The van der Waals surface area contributed by atoms with E-state index in [1.54, 1.807) is 0 Å². The van der Waals surface area contributed by atoms with Gasteiger partial charge in [0.15, 0.2) is 5.16 Å². The van der Waals surface area contributed by atoms with Crippen molar-refractivity contribution in [1.29, 1.82) is 0 Å². The van der Waals surface area contributed by atoms with E-state index < -0.39 is 5.91 Å². The van der Waals surface area contributed by atoms with Crippen molar-refractivity contribution in [2.75, 3.05) is 11.5 Å². The number of rotatable bonds is 3. The second kappa shape index (κ2) is 4.63. The number of nitrogens with one attached hydrogen (secondary N) is 2. The number of nitrogens with zero attached hydrogens (tertiary/aromatic N) is 1. The van der Waals surface area contributed by atoms with Crippen LogP contribution in [0.25, 0.3) is 0 Å². The molecule has 0 aliphatic rings. The topological polar surface area (TPSA) is 121 Å². The maximum absolute atomic E-state index is 10.9. The van der Waals surface area contributed by atoms with Crippen LogP contribution in [0.5, 0.6) is 0 Å². The number of carbonyl (C=O) groups is 1. The van der Waals surface area contributed by atoms with Gasteiger partial charge in [0.05, 0.1) is 5.75 Å². The lowest BCUT2D eigenvalue weighted by molar-refractivity contribution is -0.126. The molecule has 0 radical (unpaired) electrons. The van der Waals surface area contributed by atoms with Crippen LogP contribution < -0.4 is 16.8 Å². The third-order valence-electron chi connectivity index (χ3n) is 1.20. The molecule has 7 nitrogen and oxygen atoms in total. The molecule has 1 aromatic rings. The Hall–Kier alpha value is -1.54. The second-order valence-electron chi connectivity index (χ2n) is 2.30. The third kappa shape index (κ3) is 3.07. The lowest BCUT2D eigenvalue weighted by atomic mass is 10.6. The molecule has 1 heterocycles. The van der Waals surface area contributed by atoms with E-state index in [9.17, 15) is 9.59 Å². The van der Waals surface area contributed by atoms with Crippen molar-refractivity contribution >= 4 is 23.5 Å². The number of H-pyrrole nitrogens is 1. The lowest BCUT2D eigenvalue weighted by Crippen LogP contribution is -2.21. The number of carbonyl (C=O) groups excluding carboxylic acids is 1. The highest BCUT2D eigenvalue weighted by atomic mass is 32.2. The first-order valence-electron chi connectivity index (χ1n) is 3.54. The van der Waals surface area contributed by atoms with Gasteiger partial charge < -0.3 is 10.7 Å². The zero-order chi connectivity index (χ0) is 10.6. The highest BCUT2D eigenvalue weighted by Crippen LogP contribution is 2.10. The summed E-state index contributed by atoms with van der Waals surface area (Å²) in [5.41, 5.74) is 6.37. The number of thioether (sulfide) groups is 1. The van der Waals surface area contributed by atoms with Crippen molar-refractivity contribution in [1.82, 2.24) is 15.4 Å². The van der Waals surface area contributed by atoms with Gasteiger partial charge in [0.25, 0.3) is 11.5 Å². The average Bonchev–Trinajstić information content (AvgIpc) is 2.12. The molecule has 0 aliphatic carbocycles. The van der Waals surface area contributed by atoms with Crippen molar-refractivity contribution in [3.63, 3.8) is 0 Å². The molecule has 0 saturated heterocycles. The summed E-state index contributed by atoms with van der Waals surface area (Å²) in [4.78, 5) is 27.7. The minimum Gasteiger partial charge on any atom is -0.383 e. The van der Waals surface area contributed by atoms with Crippen LogP contribution in [0.4, 0.5) is 5.82 Å². The number of aromatic amines is 1. The first kappa shape index (κ1) is 10.5. The minimum absolute atomic E-state index is 0.0527. The van der Waals surface area contributed by atoms with E-state index in [-0.39, 0.29) is 22.3 Å². The molecular formula is C6H8N4O3S. The van der Waals surface area contributed by atoms with Gasteiger partial charge in [-0.15, -0.1) is 0 Å². The molecule has 1 amide bonds. The van der Waals surface area contributed by atoms with E-state index in [0.29, 0.717) is 0 Å². The number of anilines is 1. The highest BCUT2D eigenvalue weighted by Gasteiger charge is 2.03. The Morgan fingerprint density at radius 3 is 3.07 bits per heavy atom. The fourth-order valence-electron chi connectivity index (χ4n) is 0.688. The van der Waals surface area contributed by atoms with E-state index in [0.717, 1.165) is 17.8 Å². The molecule has 0 saturated carbocycles. The van der Waals surface area contributed by atoms with Crippen LogP contribution in [-0.4, -0.2) is 26.8 Å². The zero-order valence-corrected chi connectivity index (χ0v) is 7.80. The quantitative estimate of drug-likeness (QED) is 0.221. The van der Waals surface area contributed by atoms with Crippen LogP contribution in [-0.2, 0) is 4.79 Å². The highest BCUT2D eigenvalue weighted by molar-refractivity contribution is 7.99. The maximum Gasteiger partial charge on any atom is 0.253 e. The number of nitrogen functional groups attached to an aromatic ring is 1. The standard InChI is InChI=1S/C6H8N4O3S/c7-3-1-4(11)9-6(8-3)14-2-5(12)10-13/h1,13H,2H2,(H,10,12)(H3,7,8,9,11). The van der Waals surface area contributed by atoms with E-state index in [1.807, 2.05) is 0 Å². The van der Waals surface area contributed by atoms with Crippen molar-refractivity contribution < 1.29 is 10.0 Å². The smallest absolute Gasteiger partial charge is 0.253 e. The van der Waals surface area contributed by atoms with Gasteiger partial charge in [0.2, 0.25) is 0 Å². The Labute approximate surface area is 82.7 Å². The number of amides is 1. The van der Waals surface area contributed by atoms with E-state index in [1.165, 1.54) is 5.48 Å². The molecule has 0 fully saturated rings. The predicted molar refractivity (Wildman–Crippen MR) is 49.9 cm³/mol. The average molecular weight is 216 g/mol. The van der Waals surface area contributed by atoms with Crippen molar-refractivity contribution in [3.05, 3.63) is 16.4 Å². The molecule has 0 bridgehead atoms. The fourth-order valence-corrected chi connectivity index (χ4v) is 1.36. The number of nitrogens with two attached hydrogens (primary N) is 1. The Bertz CT molecular complexity index is 391. The van der Waals surface area contributed by atoms with Crippen LogP contribution in [0.15, 0.2) is 16.0 Å². The molecule has 1 rings (SSSR count). The van der Waals surface area contributed by atoms with Gasteiger partial charge in [-0.3, -0.25) is 14.8 Å². The number of aromatic nitrogens is 2. The predicted octanol–water partition coefficient (Wildman–Crippen LogP) is -1.05. The Morgan fingerprint density at radius 1 is 1.79 bits per heavy atom. The summed E-state index contributed by atoms with van der Waals surface area (Å²) >= 11 is 0.963. The van der Waals surface area contributed by atoms with Gasteiger partial charge in [0.1, 0.15) is 5.82 Å². The van der Waals surface area contributed by atoms with E-state index in [2.05, 4.69) is 9.97 Å². The van der Waals surface area contributed by atoms with Gasteiger partial charge in [-0.1, -0.05) is 11.8 Å². The summed E-state index contributed by atoms with van der Waals surface area (Å²) in [5.74, 6) is -0.552. The van der Waals surface area contributed by atoms with Crippen LogP contribution >= 0.6 is 11.8 Å². The van der Waals surface area contributed by atoms with Crippen molar-refractivity contribution in [2.45, 2.75) is 5.16 Å². The summed E-state index contributed by atoms with van der Waals surface area (Å²) in [6, 6.07) is 1.14. The largest absolute Gasteiger partial charge is 0.383 e. The maximum atomic E-state index is 10.9. The lowest BCUT2D eigenvalue weighted by Gasteiger charge is -1.99. The van der Waals surface area contributed by atoms with Gasteiger partial charge >= 0.3 is 0 Å². The van der Waals surface area contributed by atoms with Gasteiger partial charge in [-0.2, -0.15) is 0 Å².